The number of hydrogen-bond acceptors (Lipinski definition) is 3. The Labute approximate surface area is 354 Å². The molecule has 0 rings (SSSR count). The van der Waals surface area contributed by atoms with Crippen LogP contribution >= 0.6 is 0 Å². The Bertz CT molecular complexity index is 1030. The van der Waals surface area contributed by atoms with Crippen LogP contribution in [0, 0.1) is 0 Å². The van der Waals surface area contributed by atoms with Crippen molar-refractivity contribution in [1.29, 1.82) is 0 Å². The van der Waals surface area contributed by atoms with E-state index in [2.05, 4.69) is 92.1 Å². The maximum Gasteiger partial charge on any atom is 0.220 e. The summed E-state index contributed by atoms with van der Waals surface area (Å²) in [6.07, 6.45) is 70.7. The summed E-state index contributed by atoms with van der Waals surface area (Å²) in [6, 6.07) is -0.618. The molecule has 2 unspecified atom stereocenters. The lowest BCUT2D eigenvalue weighted by molar-refractivity contribution is -0.123. The smallest absolute Gasteiger partial charge is 0.220 e. The van der Waals surface area contributed by atoms with Gasteiger partial charge in [-0.2, -0.15) is 0 Å². The Morgan fingerprint density at radius 2 is 0.772 bits per heavy atom. The topological polar surface area (TPSA) is 69.6 Å². The van der Waals surface area contributed by atoms with Gasteiger partial charge in [0.1, 0.15) is 0 Å². The monoisotopic (exact) mass is 792 g/mol. The number of allylic oxidation sites excluding steroid dienone is 13. The number of hydrogen-bond donors (Lipinski definition) is 3. The van der Waals surface area contributed by atoms with Crippen molar-refractivity contribution in [3.8, 4) is 0 Å². The van der Waals surface area contributed by atoms with Gasteiger partial charge >= 0.3 is 0 Å². The largest absolute Gasteiger partial charge is 0.394 e. The van der Waals surface area contributed by atoms with Crippen molar-refractivity contribution >= 4 is 5.91 Å². The van der Waals surface area contributed by atoms with Gasteiger partial charge in [0.2, 0.25) is 5.91 Å². The van der Waals surface area contributed by atoms with Gasteiger partial charge in [-0.3, -0.25) is 4.79 Å². The number of unbranched alkanes of at least 4 members (excludes halogenated alkanes) is 24. The highest BCUT2D eigenvalue weighted by Gasteiger charge is 2.17. The molecule has 0 aliphatic carbocycles. The molecule has 4 nitrogen and oxygen atoms in total. The lowest BCUT2D eigenvalue weighted by atomic mass is 10.0. The van der Waals surface area contributed by atoms with Gasteiger partial charge in [-0.1, -0.05) is 240 Å². The van der Waals surface area contributed by atoms with Crippen LogP contribution in [0.5, 0.6) is 0 Å². The molecule has 0 aromatic carbocycles. The number of amides is 1. The summed E-state index contributed by atoms with van der Waals surface area (Å²) < 4.78 is 0. The summed E-state index contributed by atoms with van der Waals surface area (Å²) in [5.41, 5.74) is 0. The SMILES string of the molecule is CC/C=C\C/C=C\C/C=C\C/C=C\C/C=C\C/C=C\CCCCCCCCCCCCCCCCCCCCCCCCC(=O)NC(CO)C(O)/C=C/CCCC. The Hall–Kier alpha value is -2.43. The Kier molecular flexibility index (Phi) is 45.9. The van der Waals surface area contributed by atoms with E-state index in [1.54, 1.807) is 6.08 Å². The van der Waals surface area contributed by atoms with Gasteiger partial charge in [-0.15, -0.1) is 0 Å². The average Bonchev–Trinajstić information content (AvgIpc) is 3.22. The molecule has 0 aromatic rings. The van der Waals surface area contributed by atoms with Crippen LogP contribution < -0.4 is 5.32 Å². The van der Waals surface area contributed by atoms with E-state index in [1.165, 1.54) is 135 Å². The van der Waals surface area contributed by atoms with E-state index in [0.717, 1.165) is 70.6 Å². The highest BCUT2D eigenvalue weighted by molar-refractivity contribution is 5.76. The van der Waals surface area contributed by atoms with Crippen LogP contribution in [0.25, 0.3) is 0 Å². The molecule has 1 amide bonds. The zero-order valence-electron chi connectivity index (χ0n) is 37.6. The molecule has 0 heterocycles. The zero-order valence-corrected chi connectivity index (χ0v) is 37.6. The third-order valence-electron chi connectivity index (χ3n) is 10.6. The van der Waals surface area contributed by atoms with Crippen LogP contribution in [0.4, 0.5) is 0 Å². The first kappa shape index (κ1) is 54.6. The van der Waals surface area contributed by atoms with Crippen LogP contribution in [0.1, 0.15) is 226 Å². The maximum atomic E-state index is 12.2. The number of carbonyl (C=O) groups excluding carboxylic acids is 1. The molecule has 328 valence electrons. The predicted molar refractivity (Wildman–Crippen MR) is 253 cm³/mol. The van der Waals surface area contributed by atoms with Crippen molar-refractivity contribution in [2.24, 2.45) is 0 Å². The van der Waals surface area contributed by atoms with Gasteiger partial charge < -0.3 is 15.5 Å². The molecule has 0 spiro atoms. The fourth-order valence-corrected chi connectivity index (χ4v) is 6.93. The van der Waals surface area contributed by atoms with E-state index >= 15 is 0 Å². The van der Waals surface area contributed by atoms with Gasteiger partial charge in [0, 0.05) is 6.42 Å². The van der Waals surface area contributed by atoms with E-state index < -0.39 is 12.1 Å². The first-order chi connectivity index (χ1) is 28.2. The second-order valence-corrected chi connectivity index (χ2v) is 16.1. The van der Waals surface area contributed by atoms with Crippen LogP contribution in [0.15, 0.2) is 85.1 Å². The maximum absolute atomic E-state index is 12.2. The van der Waals surface area contributed by atoms with Crippen LogP contribution in [0.3, 0.4) is 0 Å². The van der Waals surface area contributed by atoms with E-state index in [0.29, 0.717) is 6.42 Å². The van der Waals surface area contributed by atoms with Crippen molar-refractivity contribution in [3.05, 3.63) is 85.1 Å². The molecule has 0 radical (unpaired) electrons. The number of carbonyl (C=O) groups is 1. The van der Waals surface area contributed by atoms with Crippen LogP contribution in [-0.2, 0) is 4.79 Å². The van der Waals surface area contributed by atoms with E-state index in [9.17, 15) is 15.0 Å². The third kappa shape index (κ3) is 44.5. The fourth-order valence-electron chi connectivity index (χ4n) is 6.93. The predicted octanol–water partition coefficient (Wildman–Crippen LogP) is 15.6. The molecular weight excluding hydrogens is 699 g/mol. The zero-order chi connectivity index (χ0) is 41.4. The lowest BCUT2D eigenvalue weighted by Gasteiger charge is -2.19. The van der Waals surface area contributed by atoms with Gasteiger partial charge in [-0.25, -0.2) is 0 Å². The van der Waals surface area contributed by atoms with Crippen LogP contribution in [-0.4, -0.2) is 34.9 Å². The highest BCUT2D eigenvalue weighted by atomic mass is 16.3. The normalized spacial score (nSPS) is 13.7. The van der Waals surface area contributed by atoms with Crippen molar-refractivity contribution in [3.63, 3.8) is 0 Å². The van der Waals surface area contributed by atoms with Gasteiger partial charge in [-0.05, 0) is 64.2 Å². The van der Waals surface area contributed by atoms with Crippen molar-refractivity contribution in [1.82, 2.24) is 5.32 Å². The molecule has 0 aliphatic rings. The van der Waals surface area contributed by atoms with E-state index in [-0.39, 0.29) is 12.5 Å². The van der Waals surface area contributed by atoms with Crippen molar-refractivity contribution in [2.75, 3.05) is 6.61 Å². The summed E-state index contributed by atoms with van der Waals surface area (Å²) in [5, 5.41) is 22.5. The molecule has 2 atom stereocenters. The summed E-state index contributed by atoms with van der Waals surface area (Å²) in [6.45, 7) is 4.05. The molecule has 4 heteroatoms. The summed E-state index contributed by atoms with van der Waals surface area (Å²) >= 11 is 0. The Morgan fingerprint density at radius 3 is 1.14 bits per heavy atom. The molecule has 57 heavy (non-hydrogen) atoms. The summed E-state index contributed by atoms with van der Waals surface area (Å²) in [7, 11) is 0. The van der Waals surface area contributed by atoms with Crippen molar-refractivity contribution in [2.45, 2.75) is 238 Å². The quantitative estimate of drug-likeness (QED) is 0.0425. The standard InChI is InChI=1S/C53H93NO3/c1-3-5-7-9-10-11-12-13-14-15-16-17-18-19-20-21-22-23-24-25-26-27-28-29-30-31-32-33-34-35-36-37-38-39-40-41-42-43-44-45-47-49-53(57)54-51(50-55)52(56)48-46-8-6-4-2/h5,7,10-11,13-14,16-17,19-20,22-23,46,48,51-52,55-56H,3-4,6,8-9,12,15,18,21,24-45,47,49-50H2,1-2H3,(H,54,57)/b7-5-,11-10-,14-13-,17-16-,20-19-,23-22-,48-46+. The number of aliphatic hydroxyl groups is 2. The molecule has 0 bridgehead atoms. The van der Waals surface area contributed by atoms with Crippen LogP contribution in [0.2, 0.25) is 0 Å². The highest BCUT2D eigenvalue weighted by Crippen LogP contribution is 2.16. The molecule has 3 N–H and O–H groups in total. The second-order valence-electron chi connectivity index (χ2n) is 16.1. The minimum absolute atomic E-state index is 0.0733. The first-order valence-electron chi connectivity index (χ1n) is 24.3. The van der Waals surface area contributed by atoms with Crippen molar-refractivity contribution < 1.29 is 15.0 Å². The summed E-state index contributed by atoms with van der Waals surface area (Å²) in [4.78, 5) is 12.2. The fraction of sp³-hybridized carbons (Fsp3) is 0.717. The molecule has 0 saturated heterocycles. The van der Waals surface area contributed by atoms with Gasteiger partial charge in [0.15, 0.2) is 0 Å². The first-order valence-corrected chi connectivity index (χ1v) is 24.3. The number of aliphatic hydroxyl groups excluding tert-OH is 2. The third-order valence-corrected chi connectivity index (χ3v) is 10.6. The lowest BCUT2D eigenvalue weighted by Crippen LogP contribution is -2.45. The minimum Gasteiger partial charge on any atom is -0.394 e. The second kappa shape index (κ2) is 47.9. The number of rotatable bonds is 43. The molecule has 0 saturated carbocycles. The van der Waals surface area contributed by atoms with Gasteiger partial charge in [0.05, 0.1) is 18.8 Å². The Morgan fingerprint density at radius 1 is 0.439 bits per heavy atom. The van der Waals surface area contributed by atoms with E-state index in [1.807, 2.05) is 6.08 Å². The molecule has 0 aliphatic heterocycles. The average molecular weight is 792 g/mol. The van der Waals surface area contributed by atoms with E-state index in [4.69, 9.17) is 0 Å². The Balaban J connectivity index is 3.36. The van der Waals surface area contributed by atoms with Gasteiger partial charge in [0.25, 0.3) is 0 Å². The molecule has 0 fully saturated rings. The summed E-state index contributed by atoms with van der Waals surface area (Å²) in [5.74, 6) is -0.0733. The molecular formula is C53H93NO3. The minimum atomic E-state index is -0.835. The number of nitrogens with one attached hydrogen (secondary N) is 1. The molecule has 0 aromatic heterocycles.